The summed E-state index contributed by atoms with van der Waals surface area (Å²) in [5.41, 5.74) is 1.74. The molecule has 122 valence electrons. The fraction of sp³-hybridized carbons (Fsp3) is 0.375. The highest BCUT2D eigenvalue weighted by atomic mass is 32.1. The largest absolute Gasteiger partial charge is 0.337 e. The molecule has 1 fully saturated rings. The lowest BCUT2D eigenvalue weighted by Crippen LogP contribution is -2.35. The van der Waals surface area contributed by atoms with E-state index in [4.69, 9.17) is 0 Å². The van der Waals surface area contributed by atoms with Crippen LogP contribution in [0.1, 0.15) is 21.7 Å². The highest BCUT2D eigenvalue weighted by molar-refractivity contribution is 7.09. The molecule has 0 saturated carbocycles. The van der Waals surface area contributed by atoms with Gasteiger partial charge in [0.1, 0.15) is 11.6 Å². The lowest BCUT2D eigenvalue weighted by molar-refractivity contribution is 0.0756. The number of amides is 1. The highest BCUT2D eigenvalue weighted by Gasteiger charge is 2.22. The van der Waals surface area contributed by atoms with E-state index in [2.05, 4.69) is 9.88 Å². The van der Waals surface area contributed by atoms with Crippen molar-refractivity contribution in [2.75, 3.05) is 26.2 Å². The first-order valence-electron chi connectivity index (χ1n) is 7.47. The summed E-state index contributed by atoms with van der Waals surface area (Å²) in [6, 6.07) is 3.08. The third kappa shape index (κ3) is 3.92. The molecular weight excluding hydrogens is 320 g/mol. The summed E-state index contributed by atoms with van der Waals surface area (Å²) in [5.74, 6) is -1.85. The maximum Gasteiger partial charge on any atom is 0.256 e. The zero-order valence-corrected chi connectivity index (χ0v) is 13.4. The Morgan fingerprint density at radius 1 is 1.22 bits per heavy atom. The lowest BCUT2D eigenvalue weighted by atomic mass is 10.1. The van der Waals surface area contributed by atoms with E-state index in [0.717, 1.165) is 38.2 Å². The molecule has 0 radical (unpaired) electrons. The molecule has 7 heteroatoms. The molecule has 4 nitrogen and oxygen atoms in total. The van der Waals surface area contributed by atoms with Crippen molar-refractivity contribution in [3.8, 4) is 0 Å². The van der Waals surface area contributed by atoms with Gasteiger partial charge in [-0.25, -0.2) is 8.78 Å². The number of benzene rings is 1. The SMILES string of the molecule is O=C(c1ccc(F)cc1F)N1CCCN(Cc2cncs2)CC1. The van der Waals surface area contributed by atoms with Gasteiger partial charge < -0.3 is 4.90 Å². The monoisotopic (exact) mass is 337 g/mol. The third-order valence-electron chi connectivity index (χ3n) is 3.90. The summed E-state index contributed by atoms with van der Waals surface area (Å²) in [6.07, 6.45) is 2.68. The molecule has 0 bridgehead atoms. The van der Waals surface area contributed by atoms with Crippen LogP contribution in [0.3, 0.4) is 0 Å². The van der Waals surface area contributed by atoms with E-state index in [1.165, 1.54) is 10.9 Å². The standard InChI is InChI=1S/C16H17F2N3OS/c17-12-2-3-14(15(18)8-12)16(22)21-5-1-4-20(6-7-21)10-13-9-19-11-23-13/h2-3,8-9,11H,1,4-7,10H2. The van der Waals surface area contributed by atoms with Crippen molar-refractivity contribution in [3.05, 3.63) is 52.0 Å². The van der Waals surface area contributed by atoms with Gasteiger partial charge in [-0.3, -0.25) is 14.7 Å². The van der Waals surface area contributed by atoms with Crippen LogP contribution in [0.2, 0.25) is 0 Å². The number of thiazole rings is 1. The third-order valence-corrected chi connectivity index (χ3v) is 4.66. The number of hydrogen-bond donors (Lipinski definition) is 0. The Balaban J connectivity index is 1.64. The number of carbonyl (C=O) groups is 1. The van der Waals surface area contributed by atoms with Gasteiger partial charge in [-0.15, -0.1) is 11.3 Å². The van der Waals surface area contributed by atoms with Crippen LogP contribution in [0.15, 0.2) is 29.9 Å². The topological polar surface area (TPSA) is 36.4 Å². The van der Waals surface area contributed by atoms with E-state index < -0.39 is 11.6 Å². The Morgan fingerprint density at radius 3 is 2.83 bits per heavy atom. The molecule has 1 aliphatic heterocycles. The minimum Gasteiger partial charge on any atom is -0.337 e. The number of rotatable bonds is 3. The molecule has 0 unspecified atom stereocenters. The molecule has 1 aromatic heterocycles. The van der Waals surface area contributed by atoms with E-state index in [1.807, 2.05) is 6.20 Å². The molecule has 1 amide bonds. The molecule has 2 aromatic rings. The molecule has 3 rings (SSSR count). The van der Waals surface area contributed by atoms with Crippen molar-refractivity contribution in [2.45, 2.75) is 13.0 Å². The number of hydrogen-bond acceptors (Lipinski definition) is 4. The van der Waals surface area contributed by atoms with Gasteiger partial charge in [-0.1, -0.05) is 0 Å². The van der Waals surface area contributed by atoms with Crippen LogP contribution >= 0.6 is 11.3 Å². The number of halogens is 2. The van der Waals surface area contributed by atoms with Gasteiger partial charge in [-0.2, -0.15) is 0 Å². The predicted octanol–water partition coefficient (Wildman–Crippen LogP) is 2.77. The predicted molar refractivity (Wildman–Crippen MR) is 84.3 cm³/mol. The molecule has 1 aliphatic rings. The smallest absolute Gasteiger partial charge is 0.256 e. The van der Waals surface area contributed by atoms with Crippen LogP contribution in [0.25, 0.3) is 0 Å². The van der Waals surface area contributed by atoms with Crippen molar-refractivity contribution in [2.24, 2.45) is 0 Å². The van der Waals surface area contributed by atoms with Crippen LogP contribution in [-0.4, -0.2) is 46.9 Å². The molecule has 0 atom stereocenters. The van der Waals surface area contributed by atoms with Gasteiger partial charge in [-0.05, 0) is 18.6 Å². The van der Waals surface area contributed by atoms with Crippen LogP contribution in [-0.2, 0) is 6.54 Å². The lowest BCUT2D eigenvalue weighted by Gasteiger charge is -2.22. The number of nitrogens with zero attached hydrogens (tertiary/aromatic N) is 3. The summed E-state index contributed by atoms with van der Waals surface area (Å²) in [7, 11) is 0. The van der Waals surface area contributed by atoms with E-state index in [9.17, 15) is 13.6 Å². The summed E-state index contributed by atoms with van der Waals surface area (Å²) in [5, 5.41) is 0. The first-order chi connectivity index (χ1) is 11.1. The Hall–Kier alpha value is -1.86. The zero-order chi connectivity index (χ0) is 16.2. The summed E-state index contributed by atoms with van der Waals surface area (Å²) < 4.78 is 26.8. The second-order valence-electron chi connectivity index (χ2n) is 5.51. The fourth-order valence-corrected chi connectivity index (χ4v) is 3.34. The first kappa shape index (κ1) is 16.0. The Kier molecular flexibility index (Phi) is 4.97. The van der Waals surface area contributed by atoms with Crippen molar-refractivity contribution in [3.63, 3.8) is 0 Å². The minimum atomic E-state index is -0.805. The number of carbonyl (C=O) groups excluding carboxylic acids is 1. The molecule has 0 aliphatic carbocycles. The van der Waals surface area contributed by atoms with Crippen LogP contribution in [0, 0.1) is 11.6 Å². The molecule has 0 spiro atoms. The molecule has 0 N–H and O–H groups in total. The summed E-state index contributed by atoms with van der Waals surface area (Å²) in [4.78, 5) is 21.6. The van der Waals surface area contributed by atoms with Gasteiger partial charge in [0.2, 0.25) is 0 Å². The van der Waals surface area contributed by atoms with Gasteiger partial charge in [0.15, 0.2) is 0 Å². The van der Waals surface area contributed by atoms with Gasteiger partial charge in [0, 0.05) is 49.9 Å². The normalized spacial score (nSPS) is 16.3. The highest BCUT2D eigenvalue weighted by Crippen LogP contribution is 2.16. The van der Waals surface area contributed by atoms with E-state index >= 15 is 0 Å². The van der Waals surface area contributed by atoms with E-state index in [1.54, 1.807) is 21.7 Å². The maximum absolute atomic E-state index is 13.8. The molecule has 23 heavy (non-hydrogen) atoms. The van der Waals surface area contributed by atoms with Crippen molar-refractivity contribution in [1.29, 1.82) is 0 Å². The Morgan fingerprint density at radius 2 is 2.09 bits per heavy atom. The van der Waals surface area contributed by atoms with Crippen LogP contribution < -0.4 is 0 Å². The second-order valence-corrected chi connectivity index (χ2v) is 6.48. The quantitative estimate of drug-likeness (QED) is 0.864. The van der Waals surface area contributed by atoms with E-state index in [-0.39, 0.29) is 11.5 Å². The Bertz CT molecular complexity index is 678. The molecule has 1 aromatic carbocycles. The number of aromatic nitrogens is 1. The van der Waals surface area contributed by atoms with Gasteiger partial charge in [0.25, 0.3) is 5.91 Å². The summed E-state index contributed by atoms with van der Waals surface area (Å²) >= 11 is 1.61. The zero-order valence-electron chi connectivity index (χ0n) is 12.5. The fourth-order valence-electron chi connectivity index (χ4n) is 2.71. The average Bonchev–Trinajstić information content (AvgIpc) is 2.91. The van der Waals surface area contributed by atoms with Crippen LogP contribution in [0.4, 0.5) is 8.78 Å². The molecule has 2 heterocycles. The van der Waals surface area contributed by atoms with Crippen molar-refractivity contribution < 1.29 is 13.6 Å². The van der Waals surface area contributed by atoms with Gasteiger partial charge >= 0.3 is 0 Å². The minimum absolute atomic E-state index is 0.0673. The second kappa shape index (κ2) is 7.14. The maximum atomic E-state index is 13.8. The Labute approximate surface area is 137 Å². The van der Waals surface area contributed by atoms with Crippen molar-refractivity contribution >= 4 is 17.2 Å². The molecular formula is C16H17F2N3OS. The van der Waals surface area contributed by atoms with Gasteiger partial charge in [0.05, 0.1) is 11.1 Å². The van der Waals surface area contributed by atoms with E-state index in [0.29, 0.717) is 13.1 Å². The average molecular weight is 337 g/mol. The first-order valence-corrected chi connectivity index (χ1v) is 8.35. The molecule has 1 saturated heterocycles. The van der Waals surface area contributed by atoms with Crippen molar-refractivity contribution in [1.82, 2.24) is 14.8 Å². The summed E-state index contributed by atoms with van der Waals surface area (Å²) in [6.45, 7) is 3.54. The van der Waals surface area contributed by atoms with Crippen LogP contribution in [0.5, 0.6) is 0 Å².